The highest BCUT2D eigenvalue weighted by Gasteiger charge is 2.18. The molecule has 0 aliphatic heterocycles. The molecule has 0 saturated carbocycles. The number of carbonyl (C=O) groups is 2. The Balaban J connectivity index is 1.80. The molecule has 1 heterocycles. The molecule has 2 N–H and O–H groups in total. The van der Waals surface area contributed by atoms with Crippen LogP contribution in [0.2, 0.25) is 0 Å². The summed E-state index contributed by atoms with van der Waals surface area (Å²) in [6.45, 7) is 2.23. The molecule has 1 aromatic heterocycles. The van der Waals surface area contributed by atoms with E-state index in [-0.39, 0.29) is 5.75 Å². The largest absolute Gasteiger partial charge is 0.431 e. The summed E-state index contributed by atoms with van der Waals surface area (Å²) in [4.78, 5) is 27.8. The Morgan fingerprint density at radius 2 is 1.63 bits per heavy atom. The first-order chi connectivity index (χ1) is 13.2. The van der Waals surface area contributed by atoms with Gasteiger partial charge in [0.15, 0.2) is 5.76 Å². The number of urea groups is 1. The quantitative estimate of drug-likeness (QED) is 0.632. The minimum absolute atomic E-state index is 0.0279. The Labute approximate surface area is 161 Å². The van der Waals surface area contributed by atoms with Crippen molar-refractivity contribution in [2.45, 2.75) is 12.1 Å². The van der Waals surface area contributed by atoms with Gasteiger partial charge in [0.1, 0.15) is 5.69 Å². The van der Waals surface area contributed by atoms with E-state index in [2.05, 4.69) is 15.6 Å². The van der Waals surface area contributed by atoms with E-state index in [9.17, 15) is 9.59 Å². The molecule has 7 heteroatoms. The second kappa shape index (κ2) is 9.05. The standard InChI is InChI=1S/C20H19N3O3S/c1-2-21-19(25)22-16(24)13-27-20-23-17(14-9-5-3-6-10-14)18(26-20)15-11-7-4-8-12-15/h3-12H,2,13H2,1H3,(H2,21,22,24,25). The highest BCUT2D eigenvalue weighted by Crippen LogP contribution is 2.35. The SMILES string of the molecule is CCNC(=O)NC(=O)CSc1nc(-c2ccccc2)c(-c2ccccc2)o1. The molecule has 3 rings (SSSR count). The van der Waals surface area contributed by atoms with E-state index in [4.69, 9.17) is 4.42 Å². The van der Waals surface area contributed by atoms with Crippen LogP contribution in [0.4, 0.5) is 4.79 Å². The molecule has 6 nitrogen and oxygen atoms in total. The van der Waals surface area contributed by atoms with Crippen molar-refractivity contribution in [3.05, 3.63) is 60.7 Å². The summed E-state index contributed by atoms with van der Waals surface area (Å²) in [5.74, 6) is 0.264. The van der Waals surface area contributed by atoms with E-state index in [1.807, 2.05) is 60.7 Å². The van der Waals surface area contributed by atoms with Crippen LogP contribution in [-0.2, 0) is 4.79 Å². The predicted octanol–water partition coefficient (Wildman–Crippen LogP) is 3.95. The molecule has 3 aromatic rings. The second-order valence-corrected chi connectivity index (χ2v) is 6.51. The molecule has 0 fully saturated rings. The Morgan fingerprint density at radius 3 is 2.26 bits per heavy atom. The number of benzene rings is 2. The van der Waals surface area contributed by atoms with E-state index < -0.39 is 11.9 Å². The van der Waals surface area contributed by atoms with Gasteiger partial charge in [0.25, 0.3) is 5.22 Å². The maximum absolute atomic E-state index is 11.9. The molecule has 2 aromatic carbocycles. The number of imide groups is 1. The van der Waals surface area contributed by atoms with Crippen molar-refractivity contribution >= 4 is 23.7 Å². The molecular weight excluding hydrogens is 362 g/mol. The summed E-state index contributed by atoms with van der Waals surface area (Å²) < 4.78 is 5.93. The van der Waals surface area contributed by atoms with E-state index in [1.165, 1.54) is 0 Å². The van der Waals surface area contributed by atoms with Crippen molar-refractivity contribution in [1.82, 2.24) is 15.6 Å². The Morgan fingerprint density at radius 1 is 1.00 bits per heavy atom. The first kappa shape index (κ1) is 18.7. The topological polar surface area (TPSA) is 84.2 Å². The van der Waals surface area contributed by atoms with Gasteiger partial charge < -0.3 is 9.73 Å². The van der Waals surface area contributed by atoms with Gasteiger partial charge >= 0.3 is 6.03 Å². The van der Waals surface area contributed by atoms with Gasteiger partial charge in [-0.15, -0.1) is 0 Å². The minimum atomic E-state index is -0.509. The number of carbonyl (C=O) groups excluding carboxylic acids is 2. The Hall–Kier alpha value is -3.06. The van der Waals surface area contributed by atoms with Crippen LogP contribution in [0.1, 0.15) is 6.92 Å². The maximum atomic E-state index is 11.9. The summed E-state index contributed by atoms with van der Waals surface area (Å²) in [6, 6.07) is 18.9. The Kier molecular flexibility index (Phi) is 6.27. The number of rotatable bonds is 6. The number of amides is 3. The monoisotopic (exact) mass is 381 g/mol. The number of thioether (sulfide) groups is 1. The zero-order chi connectivity index (χ0) is 19.1. The maximum Gasteiger partial charge on any atom is 0.321 e. The number of nitrogens with zero attached hydrogens (tertiary/aromatic N) is 1. The number of oxazole rings is 1. The molecule has 0 radical (unpaired) electrons. The lowest BCUT2D eigenvalue weighted by molar-refractivity contribution is -0.117. The molecule has 0 aliphatic carbocycles. The van der Waals surface area contributed by atoms with Crippen LogP contribution in [0, 0.1) is 0 Å². The van der Waals surface area contributed by atoms with Crippen LogP contribution < -0.4 is 10.6 Å². The van der Waals surface area contributed by atoms with Crippen LogP contribution in [-0.4, -0.2) is 29.2 Å². The summed E-state index contributed by atoms with van der Waals surface area (Å²) in [5.41, 5.74) is 2.55. The highest BCUT2D eigenvalue weighted by atomic mass is 32.2. The van der Waals surface area contributed by atoms with E-state index in [1.54, 1.807) is 6.92 Å². The van der Waals surface area contributed by atoms with Crippen molar-refractivity contribution in [1.29, 1.82) is 0 Å². The van der Waals surface area contributed by atoms with Crippen molar-refractivity contribution in [2.24, 2.45) is 0 Å². The fourth-order valence-electron chi connectivity index (χ4n) is 2.43. The molecule has 0 bridgehead atoms. The first-order valence-electron chi connectivity index (χ1n) is 8.49. The fourth-order valence-corrected chi connectivity index (χ4v) is 3.06. The lowest BCUT2D eigenvalue weighted by Gasteiger charge is -2.02. The van der Waals surface area contributed by atoms with Gasteiger partial charge in [-0.3, -0.25) is 10.1 Å². The fraction of sp³-hybridized carbons (Fsp3) is 0.150. The van der Waals surface area contributed by atoms with Gasteiger partial charge in [0.2, 0.25) is 5.91 Å². The molecule has 138 valence electrons. The summed E-state index contributed by atoms with van der Waals surface area (Å²) >= 11 is 1.14. The number of hydrogen-bond donors (Lipinski definition) is 2. The lowest BCUT2D eigenvalue weighted by atomic mass is 10.1. The van der Waals surface area contributed by atoms with Gasteiger partial charge in [0.05, 0.1) is 5.75 Å². The van der Waals surface area contributed by atoms with Crippen LogP contribution in [0.5, 0.6) is 0 Å². The smallest absolute Gasteiger partial charge is 0.321 e. The van der Waals surface area contributed by atoms with Gasteiger partial charge in [-0.2, -0.15) is 0 Å². The van der Waals surface area contributed by atoms with Crippen LogP contribution >= 0.6 is 11.8 Å². The number of nitrogens with one attached hydrogen (secondary N) is 2. The molecule has 0 saturated heterocycles. The number of aromatic nitrogens is 1. The van der Waals surface area contributed by atoms with E-state index >= 15 is 0 Å². The third-order valence-electron chi connectivity index (χ3n) is 3.61. The normalized spacial score (nSPS) is 10.4. The van der Waals surface area contributed by atoms with Gasteiger partial charge in [-0.1, -0.05) is 72.4 Å². The zero-order valence-electron chi connectivity index (χ0n) is 14.8. The Bertz CT molecular complexity index is 854. The van der Waals surface area contributed by atoms with Crippen molar-refractivity contribution in [3.8, 4) is 22.6 Å². The predicted molar refractivity (Wildman–Crippen MR) is 105 cm³/mol. The zero-order valence-corrected chi connectivity index (χ0v) is 15.6. The third kappa shape index (κ3) is 4.98. The van der Waals surface area contributed by atoms with Crippen LogP contribution in [0.15, 0.2) is 70.3 Å². The molecule has 3 amide bonds. The van der Waals surface area contributed by atoms with Crippen LogP contribution in [0.3, 0.4) is 0 Å². The molecule has 27 heavy (non-hydrogen) atoms. The van der Waals surface area contributed by atoms with E-state index in [0.29, 0.717) is 23.2 Å². The minimum Gasteiger partial charge on any atom is -0.431 e. The number of hydrogen-bond acceptors (Lipinski definition) is 5. The van der Waals surface area contributed by atoms with Gasteiger partial charge in [-0.25, -0.2) is 9.78 Å². The summed E-state index contributed by atoms with van der Waals surface area (Å²) in [7, 11) is 0. The molecular formula is C20H19N3O3S. The molecule has 0 atom stereocenters. The third-order valence-corrected chi connectivity index (χ3v) is 4.44. The first-order valence-corrected chi connectivity index (χ1v) is 9.48. The molecule has 0 aliphatic rings. The average Bonchev–Trinajstić information content (AvgIpc) is 3.12. The van der Waals surface area contributed by atoms with E-state index in [0.717, 1.165) is 22.9 Å². The second-order valence-electron chi connectivity index (χ2n) is 5.59. The molecule has 0 unspecified atom stereocenters. The summed E-state index contributed by atoms with van der Waals surface area (Å²) in [6.07, 6.45) is 0. The highest BCUT2D eigenvalue weighted by molar-refractivity contribution is 7.99. The summed E-state index contributed by atoms with van der Waals surface area (Å²) in [5, 5.41) is 5.14. The van der Waals surface area contributed by atoms with Crippen molar-refractivity contribution in [2.75, 3.05) is 12.3 Å². The molecule has 0 spiro atoms. The van der Waals surface area contributed by atoms with Crippen molar-refractivity contribution in [3.63, 3.8) is 0 Å². The van der Waals surface area contributed by atoms with Gasteiger partial charge in [-0.05, 0) is 6.92 Å². The lowest BCUT2D eigenvalue weighted by Crippen LogP contribution is -2.40. The average molecular weight is 381 g/mol. The van der Waals surface area contributed by atoms with Crippen molar-refractivity contribution < 1.29 is 14.0 Å². The van der Waals surface area contributed by atoms with Gasteiger partial charge in [0, 0.05) is 17.7 Å². The van der Waals surface area contributed by atoms with Crippen LogP contribution in [0.25, 0.3) is 22.6 Å².